The molecule has 2 rings (SSSR count). The summed E-state index contributed by atoms with van der Waals surface area (Å²) in [6.07, 6.45) is 2.18. The molecule has 1 aromatic heterocycles. The summed E-state index contributed by atoms with van der Waals surface area (Å²) in [6.45, 7) is 4.24. The molecule has 0 fully saturated rings. The molecule has 0 amide bonds. The molecule has 19 heavy (non-hydrogen) atoms. The smallest absolute Gasteiger partial charge is 0.0596 e. The highest BCUT2D eigenvalue weighted by molar-refractivity contribution is 9.09. The van der Waals surface area contributed by atoms with Crippen LogP contribution in [0.2, 0.25) is 0 Å². The van der Waals surface area contributed by atoms with Crippen LogP contribution in [0, 0.1) is 19.8 Å². The highest BCUT2D eigenvalue weighted by Gasteiger charge is 2.13. The van der Waals surface area contributed by atoms with Gasteiger partial charge >= 0.3 is 0 Å². The fourth-order valence-electron chi connectivity index (χ4n) is 2.48. The Hall–Kier alpha value is -1.09. The number of rotatable bonds is 5. The lowest BCUT2D eigenvalue weighted by Crippen LogP contribution is -2.13. The van der Waals surface area contributed by atoms with Crippen LogP contribution < -0.4 is 0 Å². The Morgan fingerprint density at radius 2 is 1.95 bits per heavy atom. The number of alkyl halides is 1. The first-order valence-electron chi connectivity index (χ1n) is 6.70. The van der Waals surface area contributed by atoms with Crippen molar-refractivity contribution >= 4 is 15.9 Å². The van der Waals surface area contributed by atoms with Gasteiger partial charge in [-0.1, -0.05) is 40.2 Å². The molecule has 0 saturated heterocycles. The van der Waals surface area contributed by atoms with E-state index in [-0.39, 0.29) is 0 Å². The zero-order valence-corrected chi connectivity index (χ0v) is 13.4. The SMILES string of the molecule is Cc1cc(CC(CBr)Cc2ccccc2C)n(C)n1. The summed E-state index contributed by atoms with van der Waals surface area (Å²) in [5, 5.41) is 5.44. The van der Waals surface area contributed by atoms with Gasteiger partial charge in [0.05, 0.1) is 5.69 Å². The van der Waals surface area contributed by atoms with Crippen molar-refractivity contribution in [2.45, 2.75) is 26.7 Å². The Morgan fingerprint density at radius 1 is 1.21 bits per heavy atom. The monoisotopic (exact) mass is 320 g/mol. The normalized spacial score (nSPS) is 12.6. The maximum absolute atomic E-state index is 4.42. The van der Waals surface area contributed by atoms with Crippen molar-refractivity contribution < 1.29 is 0 Å². The van der Waals surface area contributed by atoms with Crippen LogP contribution >= 0.6 is 15.9 Å². The van der Waals surface area contributed by atoms with Crippen LogP contribution in [0.4, 0.5) is 0 Å². The van der Waals surface area contributed by atoms with Gasteiger partial charge < -0.3 is 0 Å². The molecule has 0 radical (unpaired) electrons. The van der Waals surface area contributed by atoms with Crippen molar-refractivity contribution in [3.8, 4) is 0 Å². The van der Waals surface area contributed by atoms with Crippen LogP contribution in [0.1, 0.15) is 22.5 Å². The molecule has 1 atom stereocenters. The first kappa shape index (κ1) is 14.3. The van der Waals surface area contributed by atoms with E-state index in [0.717, 1.165) is 23.9 Å². The maximum Gasteiger partial charge on any atom is 0.0596 e. The second-order valence-corrected chi connectivity index (χ2v) is 5.90. The zero-order valence-electron chi connectivity index (χ0n) is 11.9. The molecule has 0 aliphatic rings. The summed E-state index contributed by atoms with van der Waals surface area (Å²) in [5.74, 6) is 0.607. The summed E-state index contributed by atoms with van der Waals surface area (Å²) in [7, 11) is 2.03. The number of nitrogens with zero attached hydrogens (tertiary/aromatic N) is 2. The van der Waals surface area contributed by atoms with Gasteiger partial charge in [-0.2, -0.15) is 5.10 Å². The van der Waals surface area contributed by atoms with Crippen LogP contribution in [-0.4, -0.2) is 15.1 Å². The highest BCUT2D eigenvalue weighted by atomic mass is 79.9. The molecule has 0 bridgehead atoms. The van der Waals surface area contributed by atoms with Gasteiger partial charge in [-0.15, -0.1) is 0 Å². The predicted molar refractivity (Wildman–Crippen MR) is 83.8 cm³/mol. The van der Waals surface area contributed by atoms with E-state index in [1.807, 2.05) is 18.7 Å². The fraction of sp³-hybridized carbons (Fsp3) is 0.438. The molecule has 1 unspecified atom stereocenters. The predicted octanol–water partition coefficient (Wildman–Crippen LogP) is 3.83. The first-order valence-corrected chi connectivity index (χ1v) is 7.82. The van der Waals surface area contributed by atoms with E-state index < -0.39 is 0 Å². The minimum atomic E-state index is 0.607. The third-order valence-corrected chi connectivity index (χ3v) is 4.50. The van der Waals surface area contributed by atoms with Gasteiger partial charge in [0.1, 0.15) is 0 Å². The maximum atomic E-state index is 4.42. The van der Waals surface area contributed by atoms with E-state index in [2.05, 4.69) is 58.3 Å². The second kappa shape index (κ2) is 6.38. The van der Waals surface area contributed by atoms with E-state index >= 15 is 0 Å². The molecule has 3 heteroatoms. The summed E-state index contributed by atoms with van der Waals surface area (Å²) in [5.41, 5.74) is 5.25. The van der Waals surface area contributed by atoms with Crippen LogP contribution in [0.15, 0.2) is 30.3 Å². The largest absolute Gasteiger partial charge is 0.272 e. The third-order valence-electron chi connectivity index (χ3n) is 3.58. The summed E-state index contributed by atoms with van der Waals surface area (Å²) < 4.78 is 2.00. The highest BCUT2D eigenvalue weighted by Crippen LogP contribution is 2.19. The Bertz CT molecular complexity index is 545. The van der Waals surface area contributed by atoms with Crippen LogP contribution in [-0.2, 0) is 19.9 Å². The van der Waals surface area contributed by atoms with E-state index in [9.17, 15) is 0 Å². The topological polar surface area (TPSA) is 17.8 Å². The minimum absolute atomic E-state index is 0.607. The van der Waals surface area contributed by atoms with Gasteiger partial charge in [0.25, 0.3) is 0 Å². The molecule has 0 aliphatic carbocycles. The Balaban J connectivity index is 2.09. The quantitative estimate of drug-likeness (QED) is 0.765. The minimum Gasteiger partial charge on any atom is -0.272 e. The van der Waals surface area contributed by atoms with Gasteiger partial charge in [-0.3, -0.25) is 4.68 Å². The molecule has 0 saturated carbocycles. The summed E-state index contributed by atoms with van der Waals surface area (Å²) in [6, 6.07) is 10.8. The summed E-state index contributed by atoms with van der Waals surface area (Å²) >= 11 is 3.66. The average molecular weight is 321 g/mol. The molecular formula is C16H21BrN2. The lowest BCUT2D eigenvalue weighted by Gasteiger charge is -2.15. The van der Waals surface area contributed by atoms with Crippen LogP contribution in [0.25, 0.3) is 0 Å². The number of benzene rings is 1. The molecule has 2 nitrogen and oxygen atoms in total. The van der Waals surface area contributed by atoms with E-state index in [1.165, 1.54) is 16.8 Å². The number of aromatic nitrogens is 2. The van der Waals surface area contributed by atoms with Crippen molar-refractivity contribution in [1.82, 2.24) is 9.78 Å². The van der Waals surface area contributed by atoms with E-state index in [0.29, 0.717) is 5.92 Å². The summed E-state index contributed by atoms with van der Waals surface area (Å²) in [4.78, 5) is 0. The lowest BCUT2D eigenvalue weighted by atomic mass is 9.94. The molecule has 2 aromatic rings. The molecule has 1 aromatic carbocycles. The molecule has 1 heterocycles. The Labute approximate surface area is 124 Å². The van der Waals surface area contributed by atoms with Gasteiger partial charge in [-0.05, 0) is 49.8 Å². The number of aryl methyl sites for hydroxylation is 3. The third kappa shape index (κ3) is 3.69. The van der Waals surface area contributed by atoms with Crippen LogP contribution in [0.5, 0.6) is 0 Å². The zero-order chi connectivity index (χ0) is 13.8. The molecule has 0 aliphatic heterocycles. The lowest BCUT2D eigenvalue weighted by molar-refractivity contribution is 0.556. The van der Waals surface area contributed by atoms with Gasteiger partial charge in [0, 0.05) is 18.1 Å². The molecule has 0 spiro atoms. The van der Waals surface area contributed by atoms with Crippen molar-refractivity contribution in [2.75, 3.05) is 5.33 Å². The molecule has 0 N–H and O–H groups in total. The average Bonchev–Trinajstić information content (AvgIpc) is 2.69. The van der Waals surface area contributed by atoms with E-state index in [1.54, 1.807) is 0 Å². The van der Waals surface area contributed by atoms with Crippen molar-refractivity contribution in [2.24, 2.45) is 13.0 Å². The van der Waals surface area contributed by atoms with Gasteiger partial charge in [0.2, 0.25) is 0 Å². The Kier molecular flexibility index (Phi) is 4.81. The van der Waals surface area contributed by atoms with Crippen molar-refractivity contribution in [3.63, 3.8) is 0 Å². The van der Waals surface area contributed by atoms with Crippen molar-refractivity contribution in [1.29, 1.82) is 0 Å². The second-order valence-electron chi connectivity index (χ2n) is 5.26. The number of hydrogen-bond acceptors (Lipinski definition) is 1. The van der Waals surface area contributed by atoms with Crippen molar-refractivity contribution in [3.05, 3.63) is 52.8 Å². The van der Waals surface area contributed by atoms with Gasteiger partial charge in [0.15, 0.2) is 0 Å². The van der Waals surface area contributed by atoms with Gasteiger partial charge in [-0.25, -0.2) is 0 Å². The fourth-order valence-corrected chi connectivity index (χ4v) is 2.94. The number of hydrogen-bond donors (Lipinski definition) is 0. The first-order chi connectivity index (χ1) is 9.10. The van der Waals surface area contributed by atoms with Crippen LogP contribution in [0.3, 0.4) is 0 Å². The molecular weight excluding hydrogens is 300 g/mol. The Morgan fingerprint density at radius 3 is 2.53 bits per heavy atom. The molecule has 102 valence electrons. The standard InChI is InChI=1S/C16H21BrN2/c1-12-6-4-5-7-15(12)9-14(11-17)10-16-8-13(2)18-19(16)3/h4-8,14H,9-11H2,1-3H3. The van der Waals surface area contributed by atoms with E-state index in [4.69, 9.17) is 0 Å². The number of halogens is 1.